The molecule has 3 unspecified atom stereocenters. The highest BCUT2D eigenvalue weighted by Crippen LogP contribution is 2.17. The Balaban J connectivity index is 4.48. The number of carbonyl (C=O) groups excluding carboxylic acids is 2. The van der Waals surface area contributed by atoms with Gasteiger partial charge in [0.05, 0.1) is 25.2 Å². The van der Waals surface area contributed by atoms with E-state index in [1.165, 1.54) is 109 Å². The first-order valence-corrected chi connectivity index (χ1v) is 21.4. The zero-order valence-corrected chi connectivity index (χ0v) is 32.8. The van der Waals surface area contributed by atoms with E-state index in [9.17, 15) is 19.8 Å². The van der Waals surface area contributed by atoms with Crippen molar-refractivity contribution in [3.63, 3.8) is 0 Å². The van der Waals surface area contributed by atoms with Crippen LogP contribution in [0.4, 0.5) is 0 Å². The molecule has 0 aromatic heterocycles. The molecule has 6 nitrogen and oxygen atoms in total. The summed E-state index contributed by atoms with van der Waals surface area (Å²) >= 11 is 0. The number of rotatable bonds is 38. The molecule has 0 aromatic rings. The molecule has 0 aromatic carbocycles. The average molecular weight is 694 g/mol. The average Bonchev–Trinajstić information content (AvgIpc) is 3.09. The highest BCUT2D eigenvalue weighted by Gasteiger charge is 2.24. The van der Waals surface area contributed by atoms with Crippen molar-refractivity contribution in [1.29, 1.82) is 0 Å². The summed E-state index contributed by atoms with van der Waals surface area (Å²) in [6, 6.07) is -0.696. The third-order valence-electron chi connectivity index (χ3n) is 9.83. The van der Waals surface area contributed by atoms with Gasteiger partial charge < -0.3 is 20.3 Å². The minimum atomic E-state index is -0.782. The van der Waals surface area contributed by atoms with Crippen molar-refractivity contribution in [3.8, 4) is 0 Å². The SMILES string of the molecule is CCC/C=C\CCCCCC(CC(=O)NC(CO)C(O)CCCCCCCCCCCCCCC)OC(=O)CCCCCCCCCCC. The van der Waals surface area contributed by atoms with E-state index in [-0.39, 0.29) is 24.9 Å². The summed E-state index contributed by atoms with van der Waals surface area (Å²) < 4.78 is 5.84. The Kier molecular flexibility index (Phi) is 36.8. The van der Waals surface area contributed by atoms with Gasteiger partial charge in [0.25, 0.3) is 0 Å². The van der Waals surface area contributed by atoms with Gasteiger partial charge in [-0.1, -0.05) is 181 Å². The molecule has 0 saturated heterocycles. The summed E-state index contributed by atoms with van der Waals surface area (Å²) in [5, 5.41) is 23.5. The first-order chi connectivity index (χ1) is 24.0. The van der Waals surface area contributed by atoms with E-state index in [1.54, 1.807) is 0 Å². The Morgan fingerprint density at radius 1 is 0.571 bits per heavy atom. The molecule has 0 aliphatic rings. The molecule has 1 amide bonds. The van der Waals surface area contributed by atoms with Crippen molar-refractivity contribution >= 4 is 11.9 Å². The third-order valence-corrected chi connectivity index (χ3v) is 9.83. The molecule has 0 bridgehead atoms. The normalized spacial score (nSPS) is 13.5. The quantitative estimate of drug-likeness (QED) is 0.0340. The number of amides is 1. The molecule has 0 heterocycles. The Labute approximate surface area is 304 Å². The van der Waals surface area contributed by atoms with Crippen molar-refractivity contribution in [2.24, 2.45) is 0 Å². The number of ether oxygens (including phenoxy) is 1. The molecule has 0 fully saturated rings. The summed E-state index contributed by atoms with van der Waals surface area (Å²) in [5.74, 6) is -0.490. The van der Waals surface area contributed by atoms with Gasteiger partial charge in [-0.3, -0.25) is 9.59 Å². The van der Waals surface area contributed by atoms with Gasteiger partial charge in [0.15, 0.2) is 0 Å². The highest BCUT2D eigenvalue weighted by atomic mass is 16.5. The molecule has 3 N–H and O–H groups in total. The number of hydrogen-bond acceptors (Lipinski definition) is 5. The van der Waals surface area contributed by atoms with E-state index in [0.717, 1.165) is 70.6 Å². The smallest absolute Gasteiger partial charge is 0.306 e. The van der Waals surface area contributed by atoms with Crippen LogP contribution in [0.25, 0.3) is 0 Å². The van der Waals surface area contributed by atoms with Gasteiger partial charge in [-0.25, -0.2) is 0 Å². The van der Waals surface area contributed by atoms with E-state index >= 15 is 0 Å². The van der Waals surface area contributed by atoms with Crippen LogP contribution < -0.4 is 5.32 Å². The van der Waals surface area contributed by atoms with Crippen LogP contribution in [-0.4, -0.2) is 46.9 Å². The fourth-order valence-electron chi connectivity index (χ4n) is 6.55. The summed E-state index contributed by atoms with van der Waals surface area (Å²) in [4.78, 5) is 25.8. The van der Waals surface area contributed by atoms with Gasteiger partial charge in [0, 0.05) is 6.42 Å². The second-order valence-corrected chi connectivity index (χ2v) is 14.7. The number of aliphatic hydroxyl groups excluding tert-OH is 2. The van der Waals surface area contributed by atoms with E-state index < -0.39 is 18.2 Å². The molecule has 6 heteroatoms. The molecule has 0 spiro atoms. The Morgan fingerprint density at radius 3 is 1.53 bits per heavy atom. The summed E-state index contributed by atoms with van der Waals surface area (Å²) in [6.45, 7) is 6.38. The standard InChI is InChI=1S/C43H83NO5/c1-4-7-10-13-16-19-20-21-22-24-26-29-32-35-41(46)40(38-45)44-42(47)37-39(34-31-28-25-18-15-12-9-6-3)49-43(48)36-33-30-27-23-17-14-11-8-5-2/h12,15,39-41,45-46H,4-11,13-14,16-38H2,1-3H3,(H,44,47)/b15-12-. The monoisotopic (exact) mass is 694 g/mol. The van der Waals surface area contributed by atoms with Crippen molar-refractivity contribution in [1.82, 2.24) is 5.32 Å². The van der Waals surface area contributed by atoms with Crippen LogP contribution in [-0.2, 0) is 14.3 Å². The molecular formula is C43H83NO5. The number of unbranched alkanes of at least 4 members (excludes halogenated alkanes) is 24. The fourth-order valence-corrected chi connectivity index (χ4v) is 6.55. The van der Waals surface area contributed by atoms with Crippen LogP contribution >= 0.6 is 0 Å². The second kappa shape index (κ2) is 37.8. The summed E-state index contributed by atoms with van der Waals surface area (Å²) in [6.07, 6.45) is 38.5. The molecular weight excluding hydrogens is 610 g/mol. The van der Waals surface area contributed by atoms with Gasteiger partial charge in [-0.2, -0.15) is 0 Å². The number of carbonyl (C=O) groups is 2. The third kappa shape index (κ3) is 33.5. The summed E-state index contributed by atoms with van der Waals surface area (Å²) in [7, 11) is 0. The lowest BCUT2D eigenvalue weighted by Crippen LogP contribution is -2.46. The first-order valence-electron chi connectivity index (χ1n) is 21.4. The first kappa shape index (κ1) is 47.6. The van der Waals surface area contributed by atoms with Crippen LogP contribution in [0.5, 0.6) is 0 Å². The van der Waals surface area contributed by atoms with E-state index in [0.29, 0.717) is 19.3 Å². The number of hydrogen-bond donors (Lipinski definition) is 3. The van der Waals surface area contributed by atoms with E-state index in [2.05, 4.69) is 38.2 Å². The Bertz CT molecular complexity index is 742. The lowest BCUT2D eigenvalue weighted by Gasteiger charge is -2.24. The van der Waals surface area contributed by atoms with Gasteiger partial charge in [-0.15, -0.1) is 0 Å². The minimum Gasteiger partial charge on any atom is -0.462 e. The molecule has 49 heavy (non-hydrogen) atoms. The van der Waals surface area contributed by atoms with Crippen LogP contribution in [0, 0.1) is 0 Å². The van der Waals surface area contributed by atoms with Crippen molar-refractivity contribution in [3.05, 3.63) is 12.2 Å². The molecule has 0 saturated carbocycles. The maximum atomic E-state index is 13.0. The topological polar surface area (TPSA) is 95.9 Å². The number of nitrogens with one attached hydrogen (secondary N) is 1. The molecule has 0 rings (SSSR count). The minimum absolute atomic E-state index is 0.0713. The highest BCUT2D eigenvalue weighted by molar-refractivity contribution is 5.77. The van der Waals surface area contributed by atoms with E-state index in [4.69, 9.17) is 4.74 Å². The molecule has 0 aliphatic heterocycles. The Hall–Kier alpha value is -1.40. The maximum absolute atomic E-state index is 13.0. The molecule has 3 atom stereocenters. The second-order valence-electron chi connectivity index (χ2n) is 14.7. The maximum Gasteiger partial charge on any atom is 0.306 e. The zero-order valence-electron chi connectivity index (χ0n) is 32.8. The van der Waals surface area contributed by atoms with Crippen molar-refractivity contribution in [2.45, 2.75) is 244 Å². The zero-order chi connectivity index (χ0) is 36.0. The van der Waals surface area contributed by atoms with E-state index in [1.807, 2.05) is 0 Å². The van der Waals surface area contributed by atoms with Crippen LogP contribution in [0.1, 0.15) is 226 Å². The fraction of sp³-hybridized carbons (Fsp3) is 0.907. The lowest BCUT2D eigenvalue weighted by atomic mass is 10.0. The Morgan fingerprint density at radius 2 is 1.02 bits per heavy atom. The molecule has 290 valence electrons. The lowest BCUT2D eigenvalue weighted by molar-refractivity contribution is -0.151. The largest absolute Gasteiger partial charge is 0.462 e. The van der Waals surface area contributed by atoms with Crippen molar-refractivity contribution < 1.29 is 24.5 Å². The van der Waals surface area contributed by atoms with Crippen LogP contribution in [0.15, 0.2) is 12.2 Å². The molecule has 0 aliphatic carbocycles. The van der Waals surface area contributed by atoms with Crippen LogP contribution in [0.2, 0.25) is 0 Å². The van der Waals surface area contributed by atoms with Gasteiger partial charge in [-0.05, 0) is 44.9 Å². The number of esters is 1. The van der Waals surface area contributed by atoms with Gasteiger partial charge in [0.1, 0.15) is 6.10 Å². The predicted molar refractivity (Wildman–Crippen MR) is 209 cm³/mol. The van der Waals surface area contributed by atoms with Gasteiger partial charge >= 0.3 is 5.97 Å². The van der Waals surface area contributed by atoms with Crippen molar-refractivity contribution in [2.75, 3.05) is 6.61 Å². The van der Waals surface area contributed by atoms with Gasteiger partial charge in [0.2, 0.25) is 5.91 Å². The predicted octanol–water partition coefficient (Wildman–Crippen LogP) is 11.8. The number of allylic oxidation sites excluding steroid dienone is 2. The number of aliphatic hydroxyl groups is 2. The summed E-state index contributed by atoms with van der Waals surface area (Å²) in [5.41, 5.74) is 0. The molecule has 0 radical (unpaired) electrons. The van der Waals surface area contributed by atoms with Crippen LogP contribution in [0.3, 0.4) is 0 Å².